The standard InChI is InChI=1S/C20H20N2/c1-15-12-16(2)20(13-15)19-11-7-6-8-17(19)14-21-22-18-9-4-3-5-10-18/h3-12,14,22H,13H2,1-2H3/b21-14+. The van der Waals surface area contributed by atoms with Gasteiger partial charge in [0, 0.05) is 5.56 Å². The summed E-state index contributed by atoms with van der Waals surface area (Å²) < 4.78 is 0. The minimum absolute atomic E-state index is 0.991. The molecule has 0 heterocycles. The predicted octanol–water partition coefficient (Wildman–Crippen LogP) is 5.26. The van der Waals surface area contributed by atoms with Crippen LogP contribution in [-0.2, 0) is 0 Å². The fraction of sp³-hybridized carbons (Fsp3) is 0.150. The van der Waals surface area contributed by atoms with Gasteiger partial charge in [0.05, 0.1) is 11.9 Å². The lowest BCUT2D eigenvalue weighted by molar-refractivity contribution is 1.26. The summed E-state index contributed by atoms with van der Waals surface area (Å²) in [5.41, 5.74) is 10.7. The number of nitrogens with zero attached hydrogens (tertiary/aromatic N) is 1. The molecule has 22 heavy (non-hydrogen) atoms. The predicted molar refractivity (Wildman–Crippen MR) is 95.1 cm³/mol. The van der Waals surface area contributed by atoms with Gasteiger partial charge in [0.2, 0.25) is 0 Å². The zero-order valence-corrected chi connectivity index (χ0v) is 13.0. The molecule has 0 amide bonds. The zero-order valence-electron chi connectivity index (χ0n) is 13.0. The highest BCUT2D eigenvalue weighted by Gasteiger charge is 2.14. The highest BCUT2D eigenvalue weighted by Crippen LogP contribution is 2.33. The van der Waals surface area contributed by atoms with Crippen LogP contribution >= 0.6 is 0 Å². The third-order valence-corrected chi connectivity index (χ3v) is 3.85. The Hall–Kier alpha value is -2.61. The molecule has 0 radical (unpaired) electrons. The van der Waals surface area contributed by atoms with Crippen molar-refractivity contribution in [2.75, 3.05) is 5.43 Å². The Balaban J connectivity index is 1.82. The second-order valence-corrected chi connectivity index (χ2v) is 5.65. The molecule has 2 heteroatoms. The van der Waals surface area contributed by atoms with E-state index >= 15 is 0 Å². The SMILES string of the molecule is CC1=CC(C)=C(c2ccccc2/C=N/Nc2ccccc2)C1. The van der Waals surface area contributed by atoms with Gasteiger partial charge in [-0.1, -0.05) is 54.1 Å². The van der Waals surface area contributed by atoms with E-state index in [9.17, 15) is 0 Å². The van der Waals surface area contributed by atoms with E-state index in [-0.39, 0.29) is 0 Å². The average molecular weight is 288 g/mol. The van der Waals surface area contributed by atoms with Crippen LogP contribution in [0.15, 0.2) is 76.9 Å². The van der Waals surface area contributed by atoms with Crippen LogP contribution in [-0.4, -0.2) is 6.21 Å². The van der Waals surface area contributed by atoms with E-state index < -0.39 is 0 Å². The minimum atomic E-state index is 0.991. The first kappa shape index (κ1) is 14.3. The third-order valence-electron chi connectivity index (χ3n) is 3.85. The van der Waals surface area contributed by atoms with Gasteiger partial charge in [-0.05, 0) is 49.1 Å². The molecule has 3 rings (SSSR count). The van der Waals surface area contributed by atoms with Gasteiger partial charge < -0.3 is 0 Å². The molecule has 0 fully saturated rings. The minimum Gasteiger partial charge on any atom is -0.279 e. The van der Waals surface area contributed by atoms with Crippen molar-refractivity contribution in [3.8, 4) is 0 Å². The van der Waals surface area contributed by atoms with E-state index in [4.69, 9.17) is 0 Å². The van der Waals surface area contributed by atoms with Gasteiger partial charge in [-0.3, -0.25) is 5.43 Å². The van der Waals surface area contributed by atoms with Crippen LogP contribution in [0.4, 0.5) is 5.69 Å². The first-order chi connectivity index (χ1) is 10.7. The van der Waals surface area contributed by atoms with Crippen molar-refractivity contribution in [3.05, 3.63) is 82.9 Å². The number of anilines is 1. The van der Waals surface area contributed by atoms with E-state index in [0.717, 1.165) is 17.7 Å². The van der Waals surface area contributed by atoms with Gasteiger partial charge >= 0.3 is 0 Å². The highest BCUT2D eigenvalue weighted by molar-refractivity contribution is 5.91. The maximum atomic E-state index is 4.37. The highest BCUT2D eigenvalue weighted by atomic mass is 15.3. The summed E-state index contributed by atoms with van der Waals surface area (Å²) in [4.78, 5) is 0. The molecule has 1 N–H and O–H groups in total. The van der Waals surface area contributed by atoms with Gasteiger partial charge in [-0.25, -0.2) is 0 Å². The van der Waals surface area contributed by atoms with Crippen LogP contribution in [0.5, 0.6) is 0 Å². The molecule has 1 aliphatic carbocycles. The van der Waals surface area contributed by atoms with E-state index in [1.54, 1.807) is 0 Å². The number of hydrogen-bond acceptors (Lipinski definition) is 2. The first-order valence-corrected chi connectivity index (χ1v) is 7.54. The second-order valence-electron chi connectivity index (χ2n) is 5.65. The van der Waals surface area contributed by atoms with E-state index in [1.807, 2.05) is 36.5 Å². The van der Waals surface area contributed by atoms with E-state index in [1.165, 1.54) is 22.3 Å². The van der Waals surface area contributed by atoms with Crippen LogP contribution in [0.2, 0.25) is 0 Å². The Bertz CT molecular complexity index is 752. The molecule has 0 atom stereocenters. The molecule has 2 aromatic carbocycles. The third kappa shape index (κ3) is 3.17. The van der Waals surface area contributed by atoms with Crippen molar-refractivity contribution < 1.29 is 0 Å². The zero-order chi connectivity index (χ0) is 15.4. The first-order valence-electron chi connectivity index (χ1n) is 7.54. The summed E-state index contributed by atoms with van der Waals surface area (Å²) in [6, 6.07) is 18.4. The quantitative estimate of drug-likeness (QED) is 0.602. The largest absolute Gasteiger partial charge is 0.279 e. The normalized spacial score (nSPS) is 14.5. The Morgan fingerprint density at radius 1 is 0.955 bits per heavy atom. The number of nitrogens with one attached hydrogen (secondary N) is 1. The summed E-state index contributed by atoms with van der Waals surface area (Å²) in [6.45, 7) is 4.37. The summed E-state index contributed by atoms with van der Waals surface area (Å²) in [5, 5.41) is 4.37. The summed E-state index contributed by atoms with van der Waals surface area (Å²) in [7, 11) is 0. The van der Waals surface area contributed by atoms with Crippen molar-refractivity contribution in [2.24, 2.45) is 5.10 Å². The Kier molecular flexibility index (Phi) is 4.19. The lowest BCUT2D eigenvalue weighted by atomic mass is 9.96. The number of hydrogen-bond donors (Lipinski definition) is 1. The molecule has 0 spiro atoms. The molecule has 2 nitrogen and oxygen atoms in total. The molecule has 110 valence electrons. The van der Waals surface area contributed by atoms with Crippen LogP contribution in [0.3, 0.4) is 0 Å². The van der Waals surface area contributed by atoms with Gasteiger partial charge in [0.25, 0.3) is 0 Å². The number of benzene rings is 2. The number of hydrazone groups is 1. The molecule has 0 unspecified atom stereocenters. The van der Waals surface area contributed by atoms with Crippen molar-refractivity contribution in [3.63, 3.8) is 0 Å². The van der Waals surface area contributed by atoms with Crippen LogP contribution < -0.4 is 5.43 Å². The smallest absolute Gasteiger partial charge is 0.0561 e. The fourth-order valence-electron chi connectivity index (χ4n) is 2.81. The molecule has 2 aromatic rings. The van der Waals surface area contributed by atoms with Crippen molar-refractivity contribution in [1.29, 1.82) is 0 Å². The van der Waals surface area contributed by atoms with Crippen LogP contribution in [0, 0.1) is 0 Å². The van der Waals surface area contributed by atoms with Crippen molar-refractivity contribution in [1.82, 2.24) is 0 Å². The monoisotopic (exact) mass is 288 g/mol. The Morgan fingerprint density at radius 2 is 1.68 bits per heavy atom. The Labute approximate surface area is 131 Å². The van der Waals surface area contributed by atoms with E-state index in [2.05, 4.69) is 54.7 Å². The molecular weight excluding hydrogens is 268 g/mol. The summed E-state index contributed by atoms with van der Waals surface area (Å²) >= 11 is 0. The van der Waals surface area contributed by atoms with Crippen LogP contribution in [0.25, 0.3) is 5.57 Å². The molecular formula is C20H20N2. The van der Waals surface area contributed by atoms with Gasteiger partial charge in [-0.2, -0.15) is 5.10 Å². The Morgan fingerprint density at radius 3 is 2.41 bits per heavy atom. The fourth-order valence-corrected chi connectivity index (χ4v) is 2.81. The summed E-state index contributed by atoms with van der Waals surface area (Å²) in [6.07, 6.45) is 5.20. The lowest BCUT2D eigenvalue weighted by Gasteiger charge is -2.09. The van der Waals surface area contributed by atoms with Crippen molar-refractivity contribution >= 4 is 17.5 Å². The molecule has 0 bridgehead atoms. The second kappa shape index (κ2) is 6.44. The topological polar surface area (TPSA) is 24.4 Å². The average Bonchev–Trinajstić information content (AvgIpc) is 2.87. The maximum absolute atomic E-state index is 4.37. The maximum Gasteiger partial charge on any atom is 0.0561 e. The summed E-state index contributed by atoms with van der Waals surface area (Å²) in [5.74, 6) is 0. The van der Waals surface area contributed by atoms with Gasteiger partial charge in [-0.15, -0.1) is 0 Å². The lowest BCUT2D eigenvalue weighted by Crippen LogP contribution is -1.95. The number of allylic oxidation sites excluding steroid dienone is 4. The number of rotatable bonds is 4. The van der Waals surface area contributed by atoms with E-state index in [0.29, 0.717) is 0 Å². The molecule has 0 saturated heterocycles. The van der Waals surface area contributed by atoms with Crippen LogP contribution in [0.1, 0.15) is 31.4 Å². The van der Waals surface area contributed by atoms with Gasteiger partial charge in [0.15, 0.2) is 0 Å². The number of para-hydroxylation sites is 1. The van der Waals surface area contributed by atoms with Crippen molar-refractivity contribution in [2.45, 2.75) is 20.3 Å². The molecule has 1 aliphatic rings. The molecule has 0 aliphatic heterocycles. The molecule has 0 saturated carbocycles. The van der Waals surface area contributed by atoms with Gasteiger partial charge in [0.1, 0.15) is 0 Å². The molecule has 0 aromatic heterocycles.